The number of hydrogen-bond acceptors (Lipinski definition) is 4. The van der Waals surface area contributed by atoms with E-state index in [2.05, 4.69) is 43.5 Å². The van der Waals surface area contributed by atoms with Gasteiger partial charge in [-0.15, -0.1) is 0 Å². The molecule has 0 aliphatic carbocycles. The van der Waals surface area contributed by atoms with Crippen LogP contribution < -0.4 is 10.6 Å². The van der Waals surface area contributed by atoms with Crippen LogP contribution in [0, 0.1) is 0 Å². The normalized spacial score (nSPS) is 10.2. The number of rotatable bonds is 4. The van der Waals surface area contributed by atoms with Crippen LogP contribution in [0.5, 0.6) is 0 Å². The number of nitrogens with one attached hydrogen (secondary N) is 2. The van der Waals surface area contributed by atoms with Gasteiger partial charge in [-0.1, -0.05) is 22.9 Å². The fourth-order valence-corrected chi connectivity index (χ4v) is 2.00. The molecule has 0 saturated heterocycles. The van der Waals surface area contributed by atoms with Crippen LogP contribution in [0.15, 0.2) is 35.1 Å². The first kappa shape index (κ1) is 12.8. The average molecular weight is 307 g/mol. The molecule has 0 radical (unpaired) electrons. The number of benzene rings is 1. The summed E-state index contributed by atoms with van der Waals surface area (Å²) < 4.78 is 1.06. The first-order valence-corrected chi connectivity index (χ1v) is 6.58. The fourth-order valence-electron chi connectivity index (χ4n) is 1.74. The van der Waals surface area contributed by atoms with Crippen LogP contribution in [-0.2, 0) is 6.42 Å². The largest absolute Gasteiger partial charge is 0.373 e. The third-order valence-corrected chi connectivity index (χ3v) is 3.17. The molecule has 0 bridgehead atoms. The maximum Gasteiger partial charge on any atom is 0.139 e. The van der Waals surface area contributed by atoms with Crippen LogP contribution in [0.25, 0.3) is 0 Å². The smallest absolute Gasteiger partial charge is 0.139 e. The summed E-state index contributed by atoms with van der Waals surface area (Å²) >= 11 is 3.42. The molecule has 0 amide bonds. The summed E-state index contributed by atoms with van der Waals surface area (Å²) in [5, 5.41) is 6.40. The number of nitrogens with zero attached hydrogens (tertiary/aromatic N) is 2. The molecule has 0 unspecified atom stereocenters. The van der Waals surface area contributed by atoms with Crippen molar-refractivity contribution in [3.05, 3.63) is 40.6 Å². The van der Waals surface area contributed by atoms with Gasteiger partial charge in [0.1, 0.15) is 18.0 Å². The van der Waals surface area contributed by atoms with Crippen molar-refractivity contribution in [1.82, 2.24) is 9.97 Å². The molecule has 5 heteroatoms. The van der Waals surface area contributed by atoms with E-state index >= 15 is 0 Å². The molecule has 0 saturated carbocycles. The zero-order chi connectivity index (χ0) is 13.0. The Morgan fingerprint density at radius 1 is 1.11 bits per heavy atom. The number of hydrogen-bond donors (Lipinski definition) is 2. The first-order valence-electron chi connectivity index (χ1n) is 5.78. The molecule has 2 aromatic rings. The van der Waals surface area contributed by atoms with Crippen LogP contribution >= 0.6 is 15.9 Å². The Balaban J connectivity index is 2.31. The second-order valence-electron chi connectivity index (χ2n) is 3.78. The van der Waals surface area contributed by atoms with Gasteiger partial charge in [-0.25, -0.2) is 9.97 Å². The third-order valence-electron chi connectivity index (χ3n) is 2.64. The van der Waals surface area contributed by atoms with Crippen molar-refractivity contribution in [1.29, 1.82) is 0 Å². The Kier molecular flexibility index (Phi) is 4.15. The van der Waals surface area contributed by atoms with Crippen molar-refractivity contribution in [3.63, 3.8) is 0 Å². The van der Waals surface area contributed by atoms with Crippen LogP contribution in [0.3, 0.4) is 0 Å². The highest BCUT2D eigenvalue weighted by Crippen LogP contribution is 2.24. The summed E-state index contributed by atoms with van der Waals surface area (Å²) in [7, 11) is 1.87. The maximum absolute atomic E-state index is 4.30. The molecule has 1 aromatic heterocycles. The van der Waals surface area contributed by atoms with Gasteiger partial charge < -0.3 is 10.6 Å². The standard InChI is InChI=1S/C13H15BrN4/c1-3-11-12(15-2)16-8-17-13(11)18-10-6-4-9(14)5-7-10/h4-8H,3H2,1-2H3,(H2,15,16,17,18). The molecule has 94 valence electrons. The van der Waals surface area contributed by atoms with E-state index in [4.69, 9.17) is 0 Å². The van der Waals surface area contributed by atoms with E-state index in [1.807, 2.05) is 31.3 Å². The number of halogens is 1. The SMILES string of the molecule is CCc1c(NC)ncnc1Nc1ccc(Br)cc1. The van der Waals surface area contributed by atoms with E-state index in [1.165, 1.54) is 0 Å². The lowest BCUT2D eigenvalue weighted by Crippen LogP contribution is -2.04. The van der Waals surface area contributed by atoms with Crippen molar-refractivity contribution in [3.8, 4) is 0 Å². The molecular formula is C13H15BrN4. The Hall–Kier alpha value is -1.62. The van der Waals surface area contributed by atoms with E-state index in [9.17, 15) is 0 Å². The van der Waals surface area contributed by atoms with Crippen LogP contribution in [0.2, 0.25) is 0 Å². The third kappa shape index (κ3) is 2.79. The highest BCUT2D eigenvalue weighted by molar-refractivity contribution is 9.10. The van der Waals surface area contributed by atoms with Gasteiger partial charge in [-0.3, -0.25) is 0 Å². The molecule has 1 aromatic carbocycles. The summed E-state index contributed by atoms with van der Waals surface area (Å²) in [6.07, 6.45) is 2.43. The molecule has 0 aliphatic rings. The molecule has 2 N–H and O–H groups in total. The highest BCUT2D eigenvalue weighted by Gasteiger charge is 2.08. The summed E-state index contributed by atoms with van der Waals surface area (Å²) in [6, 6.07) is 8.00. The monoisotopic (exact) mass is 306 g/mol. The van der Waals surface area contributed by atoms with Gasteiger partial charge in [0, 0.05) is 22.8 Å². The second kappa shape index (κ2) is 5.82. The van der Waals surface area contributed by atoms with Crippen molar-refractivity contribution in [2.75, 3.05) is 17.7 Å². The van der Waals surface area contributed by atoms with Crippen LogP contribution in [-0.4, -0.2) is 17.0 Å². The summed E-state index contributed by atoms with van der Waals surface area (Å²) in [4.78, 5) is 8.52. The molecular weight excluding hydrogens is 292 g/mol. The number of anilines is 3. The van der Waals surface area contributed by atoms with Gasteiger partial charge in [0.15, 0.2) is 0 Å². The molecule has 0 fully saturated rings. The van der Waals surface area contributed by atoms with Crippen molar-refractivity contribution < 1.29 is 0 Å². The summed E-state index contributed by atoms with van der Waals surface area (Å²) in [5.41, 5.74) is 2.09. The maximum atomic E-state index is 4.30. The van der Waals surface area contributed by atoms with Gasteiger partial charge in [0.05, 0.1) is 0 Å². The summed E-state index contributed by atoms with van der Waals surface area (Å²) in [6.45, 7) is 2.09. The Morgan fingerprint density at radius 3 is 2.39 bits per heavy atom. The predicted octanol–water partition coefficient (Wildman–Crippen LogP) is 3.59. The van der Waals surface area contributed by atoms with Gasteiger partial charge in [-0.2, -0.15) is 0 Å². The van der Waals surface area contributed by atoms with E-state index < -0.39 is 0 Å². The fraction of sp³-hybridized carbons (Fsp3) is 0.231. The second-order valence-corrected chi connectivity index (χ2v) is 4.70. The lowest BCUT2D eigenvalue weighted by atomic mass is 10.2. The zero-order valence-corrected chi connectivity index (χ0v) is 12.0. The Bertz CT molecular complexity index is 525. The highest BCUT2D eigenvalue weighted by atomic mass is 79.9. The van der Waals surface area contributed by atoms with Gasteiger partial charge in [-0.05, 0) is 30.7 Å². The Labute approximate surface area is 115 Å². The molecule has 0 atom stereocenters. The van der Waals surface area contributed by atoms with Gasteiger partial charge in [0.25, 0.3) is 0 Å². The minimum absolute atomic E-state index is 0.846. The molecule has 0 spiro atoms. The van der Waals surface area contributed by atoms with Crippen LogP contribution in [0.1, 0.15) is 12.5 Å². The van der Waals surface area contributed by atoms with E-state index in [0.717, 1.165) is 33.8 Å². The number of aromatic nitrogens is 2. The quantitative estimate of drug-likeness (QED) is 0.906. The molecule has 2 rings (SSSR count). The van der Waals surface area contributed by atoms with Crippen molar-refractivity contribution in [2.24, 2.45) is 0 Å². The zero-order valence-electron chi connectivity index (χ0n) is 10.4. The van der Waals surface area contributed by atoms with Crippen molar-refractivity contribution >= 4 is 33.3 Å². The minimum atomic E-state index is 0.846. The van der Waals surface area contributed by atoms with Crippen LogP contribution in [0.4, 0.5) is 17.3 Å². The van der Waals surface area contributed by atoms with E-state index in [1.54, 1.807) is 6.33 Å². The average Bonchev–Trinajstić information content (AvgIpc) is 2.41. The topological polar surface area (TPSA) is 49.8 Å². The van der Waals surface area contributed by atoms with E-state index in [0.29, 0.717) is 0 Å². The summed E-state index contributed by atoms with van der Waals surface area (Å²) in [5.74, 6) is 1.71. The molecule has 1 heterocycles. The lowest BCUT2D eigenvalue weighted by Gasteiger charge is -2.12. The van der Waals surface area contributed by atoms with Gasteiger partial charge in [0.2, 0.25) is 0 Å². The molecule has 18 heavy (non-hydrogen) atoms. The Morgan fingerprint density at radius 2 is 1.78 bits per heavy atom. The van der Waals surface area contributed by atoms with Crippen molar-refractivity contribution in [2.45, 2.75) is 13.3 Å². The van der Waals surface area contributed by atoms with E-state index in [-0.39, 0.29) is 0 Å². The lowest BCUT2D eigenvalue weighted by molar-refractivity contribution is 1.05. The predicted molar refractivity (Wildman–Crippen MR) is 78.4 cm³/mol. The minimum Gasteiger partial charge on any atom is -0.373 e. The molecule has 0 aliphatic heterocycles. The first-order chi connectivity index (χ1) is 8.74. The van der Waals surface area contributed by atoms with Gasteiger partial charge >= 0.3 is 0 Å². The molecule has 4 nitrogen and oxygen atoms in total.